The van der Waals surface area contributed by atoms with E-state index in [1.165, 1.54) is 12.1 Å². The van der Waals surface area contributed by atoms with Gasteiger partial charge in [-0.05, 0) is 42.5 Å². The molecule has 0 saturated carbocycles. The number of benzene rings is 2. The Morgan fingerprint density at radius 2 is 1.89 bits per heavy atom. The molecular formula is C14H10FN3O. The lowest BCUT2D eigenvalue weighted by atomic mass is 10.1. The van der Waals surface area contributed by atoms with E-state index >= 15 is 0 Å². The van der Waals surface area contributed by atoms with Crippen molar-refractivity contribution >= 4 is 17.3 Å². The normalized spacial score (nSPS) is 9.68. The van der Waals surface area contributed by atoms with Gasteiger partial charge < -0.3 is 11.1 Å². The van der Waals surface area contributed by atoms with Gasteiger partial charge in [0.1, 0.15) is 11.9 Å². The molecular weight excluding hydrogens is 245 g/mol. The zero-order valence-corrected chi connectivity index (χ0v) is 9.85. The van der Waals surface area contributed by atoms with Crippen molar-refractivity contribution in [2.75, 3.05) is 11.1 Å². The Balaban J connectivity index is 2.20. The summed E-state index contributed by atoms with van der Waals surface area (Å²) in [6.45, 7) is 0. The van der Waals surface area contributed by atoms with Gasteiger partial charge in [0.15, 0.2) is 0 Å². The third-order valence-corrected chi connectivity index (χ3v) is 2.52. The lowest BCUT2D eigenvalue weighted by molar-refractivity contribution is 0.102. The van der Waals surface area contributed by atoms with Crippen LogP contribution >= 0.6 is 0 Å². The molecule has 0 saturated heterocycles. The topological polar surface area (TPSA) is 78.9 Å². The molecule has 5 heteroatoms. The summed E-state index contributed by atoms with van der Waals surface area (Å²) in [6, 6.07) is 11.9. The van der Waals surface area contributed by atoms with Crippen LogP contribution in [0.2, 0.25) is 0 Å². The summed E-state index contributed by atoms with van der Waals surface area (Å²) in [5.74, 6) is -0.969. The summed E-state index contributed by atoms with van der Waals surface area (Å²) in [5, 5.41) is 11.3. The van der Waals surface area contributed by atoms with Crippen LogP contribution in [0.4, 0.5) is 15.8 Å². The summed E-state index contributed by atoms with van der Waals surface area (Å²) in [4.78, 5) is 11.9. The van der Waals surface area contributed by atoms with Crippen LogP contribution < -0.4 is 11.1 Å². The summed E-state index contributed by atoms with van der Waals surface area (Å²) < 4.78 is 13.1. The van der Waals surface area contributed by atoms with Crippen LogP contribution in [0.1, 0.15) is 15.9 Å². The first kappa shape index (κ1) is 12.6. The number of nitrogen functional groups attached to an aromatic ring is 1. The van der Waals surface area contributed by atoms with Gasteiger partial charge in [0.25, 0.3) is 5.91 Å². The summed E-state index contributed by atoms with van der Waals surface area (Å²) in [7, 11) is 0. The maximum atomic E-state index is 13.1. The average molecular weight is 255 g/mol. The largest absolute Gasteiger partial charge is 0.399 e. The average Bonchev–Trinajstić information content (AvgIpc) is 2.41. The van der Waals surface area contributed by atoms with Crippen LogP contribution in [0.3, 0.4) is 0 Å². The molecule has 2 aromatic carbocycles. The number of carbonyl (C=O) groups excluding carboxylic acids is 1. The van der Waals surface area contributed by atoms with Gasteiger partial charge in [0.05, 0.1) is 5.56 Å². The van der Waals surface area contributed by atoms with Crippen LogP contribution in [0.15, 0.2) is 42.5 Å². The second-order valence-corrected chi connectivity index (χ2v) is 3.88. The van der Waals surface area contributed by atoms with Gasteiger partial charge in [-0.2, -0.15) is 5.26 Å². The predicted octanol–water partition coefficient (Wildman–Crippen LogP) is 2.53. The summed E-state index contributed by atoms with van der Waals surface area (Å²) >= 11 is 0. The first-order chi connectivity index (χ1) is 9.10. The van der Waals surface area contributed by atoms with Crippen molar-refractivity contribution in [2.24, 2.45) is 0 Å². The first-order valence-corrected chi connectivity index (χ1v) is 5.46. The number of anilines is 2. The molecule has 0 heterocycles. The van der Waals surface area contributed by atoms with Gasteiger partial charge in [-0.25, -0.2) is 4.39 Å². The molecule has 3 N–H and O–H groups in total. The zero-order chi connectivity index (χ0) is 13.8. The number of nitrogens with two attached hydrogens (primary N) is 1. The number of hydrogen-bond acceptors (Lipinski definition) is 3. The molecule has 1 amide bonds. The molecule has 0 aliphatic heterocycles. The third kappa shape index (κ3) is 2.87. The van der Waals surface area contributed by atoms with Gasteiger partial charge in [0, 0.05) is 16.9 Å². The van der Waals surface area contributed by atoms with E-state index in [1.54, 1.807) is 30.3 Å². The molecule has 2 rings (SSSR count). The molecule has 2 aromatic rings. The number of nitrogens with one attached hydrogen (secondary N) is 1. The van der Waals surface area contributed by atoms with Crippen LogP contribution in [0.25, 0.3) is 0 Å². The highest BCUT2D eigenvalue weighted by molar-refractivity contribution is 6.04. The van der Waals surface area contributed by atoms with Crippen molar-refractivity contribution in [3.05, 3.63) is 59.4 Å². The predicted molar refractivity (Wildman–Crippen MR) is 69.9 cm³/mol. The van der Waals surface area contributed by atoms with E-state index in [1.807, 2.05) is 0 Å². The van der Waals surface area contributed by atoms with E-state index in [9.17, 15) is 9.18 Å². The molecule has 0 fully saturated rings. The summed E-state index contributed by atoms with van der Waals surface area (Å²) in [5.41, 5.74) is 6.76. The Bertz CT molecular complexity index is 659. The number of carbonyl (C=O) groups is 1. The highest BCUT2D eigenvalue weighted by Gasteiger charge is 2.08. The fourth-order valence-electron chi connectivity index (χ4n) is 1.53. The quantitative estimate of drug-likeness (QED) is 0.809. The monoisotopic (exact) mass is 255 g/mol. The number of nitrogens with zero attached hydrogens (tertiary/aromatic N) is 1. The minimum absolute atomic E-state index is 0.116. The van der Waals surface area contributed by atoms with Gasteiger partial charge in [0.2, 0.25) is 0 Å². The lowest BCUT2D eigenvalue weighted by Crippen LogP contribution is -2.12. The van der Waals surface area contributed by atoms with E-state index < -0.39 is 5.82 Å². The fraction of sp³-hybridized carbons (Fsp3) is 0. The maximum absolute atomic E-state index is 13.1. The van der Waals surface area contributed by atoms with Crippen molar-refractivity contribution in [3.63, 3.8) is 0 Å². The van der Waals surface area contributed by atoms with E-state index in [0.29, 0.717) is 16.9 Å². The molecule has 0 aliphatic rings. The van der Waals surface area contributed by atoms with Gasteiger partial charge in [-0.15, -0.1) is 0 Å². The van der Waals surface area contributed by atoms with E-state index in [0.717, 1.165) is 6.07 Å². The Morgan fingerprint density at radius 1 is 1.21 bits per heavy atom. The molecule has 0 radical (unpaired) electrons. The summed E-state index contributed by atoms with van der Waals surface area (Å²) in [6.07, 6.45) is 0. The van der Waals surface area contributed by atoms with Crippen molar-refractivity contribution in [3.8, 4) is 6.07 Å². The minimum atomic E-state index is -0.618. The molecule has 4 nitrogen and oxygen atoms in total. The molecule has 0 spiro atoms. The minimum Gasteiger partial charge on any atom is -0.399 e. The Labute approximate surface area is 109 Å². The number of amides is 1. The Kier molecular flexibility index (Phi) is 3.44. The molecule has 94 valence electrons. The Hall–Kier alpha value is -2.87. The standard InChI is InChI=1S/C14H10FN3O/c15-13-6-5-12(7-10(13)8-16)18-14(19)9-1-3-11(17)4-2-9/h1-7H,17H2,(H,18,19). The lowest BCUT2D eigenvalue weighted by Gasteiger charge is -2.06. The molecule has 0 atom stereocenters. The SMILES string of the molecule is N#Cc1cc(NC(=O)c2ccc(N)cc2)ccc1F. The molecule has 0 aliphatic carbocycles. The number of rotatable bonds is 2. The highest BCUT2D eigenvalue weighted by atomic mass is 19.1. The number of halogens is 1. The molecule has 0 bridgehead atoms. The molecule has 19 heavy (non-hydrogen) atoms. The second-order valence-electron chi connectivity index (χ2n) is 3.88. The van der Waals surface area contributed by atoms with Crippen molar-refractivity contribution < 1.29 is 9.18 Å². The molecule has 0 aromatic heterocycles. The van der Waals surface area contributed by atoms with Crippen LogP contribution in [0, 0.1) is 17.1 Å². The highest BCUT2D eigenvalue weighted by Crippen LogP contribution is 2.15. The zero-order valence-electron chi connectivity index (χ0n) is 9.85. The van der Waals surface area contributed by atoms with Crippen LogP contribution in [-0.2, 0) is 0 Å². The van der Waals surface area contributed by atoms with Gasteiger partial charge in [-0.3, -0.25) is 4.79 Å². The third-order valence-electron chi connectivity index (χ3n) is 2.52. The fourth-order valence-corrected chi connectivity index (χ4v) is 1.53. The van der Waals surface area contributed by atoms with Crippen molar-refractivity contribution in [1.29, 1.82) is 5.26 Å². The Morgan fingerprint density at radius 3 is 2.53 bits per heavy atom. The smallest absolute Gasteiger partial charge is 0.255 e. The second kappa shape index (κ2) is 5.19. The van der Waals surface area contributed by atoms with Crippen LogP contribution in [0.5, 0.6) is 0 Å². The van der Waals surface area contributed by atoms with Crippen molar-refractivity contribution in [2.45, 2.75) is 0 Å². The van der Waals surface area contributed by atoms with Gasteiger partial charge >= 0.3 is 0 Å². The molecule has 0 unspecified atom stereocenters. The number of nitriles is 1. The van der Waals surface area contributed by atoms with E-state index in [-0.39, 0.29) is 11.5 Å². The van der Waals surface area contributed by atoms with Gasteiger partial charge in [-0.1, -0.05) is 0 Å². The number of hydrogen-bond donors (Lipinski definition) is 2. The first-order valence-electron chi connectivity index (χ1n) is 5.46. The van der Waals surface area contributed by atoms with E-state index in [4.69, 9.17) is 11.0 Å². The van der Waals surface area contributed by atoms with E-state index in [2.05, 4.69) is 5.32 Å². The van der Waals surface area contributed by atoms with Crippen molar-refractivity contribution in [1.82, 2.24) is 0 Å². The van der Waals surface area contributed by atoms with Crippen LogP contribution in [-0.4, -0.2) is 5.91 Å². The maximum Gasteiger partial charge on any atom is 0.255 e.